The number of thiol groups is 2. The molecule has 0 spiro atoms. The van der Waals surface area contributed by atoms with Gasteiger partial charge in [0.1, 0.15) is 0 Å². The molecule has 0 aromatic rings. The first kappa shape index (κ1) is 12.8. The van der Waals surface area contributed by atoms with E-state index >= 15 is 0 Å². The minimum Gasteiger partial charge on any atom is -0.387 e. The molecule has 2 atom stereocenters. The number of rotatable bonds is 5. The zero-order valence-electron chi connectivity index (χ0n) is 6.17. The van der Waals surface area contributed by atoms with Crippen molar-refractivity contribution in [2.24, 2.45) is 0 Å². The van der Waals surface area contributed by atoms with Gasteiger partial charge >= 0.3 is 0 Å². The van der Waals surface area contributed by atoms with Gasteiger partial charge in [-0.15, -0.1) is 25.3 Å². The van der Waals surface area contributed by atoms with Crippen molar-refractivity contribution in [1.82, 2.24) is 0 Å². The predicted octanol–water partition coefficient (Wildman–Crippen LogP) is 1.00. The molecule has 0 fully saturated rings. The molecule has 0 radical (unpaired) electrons. The van der Waals surface area contributed by atoms with E-state index < -0.39 is 12.2 Å². The van der Waals surface area contributed by atoms with E-state index in [0.717, 1.165) is 0 Å². The van der Waals surface area contributed by atoms with Crippen molar-refractivity contribution in [3.05, 3.63) is 0 Å². The summed E-state index contributed by atoms with van der Waals surface area (Å²) in [6.07, 6.45) is -0.824. The van der Waals surface area contributed by atoms with Gasteiger partial charge in [-0.2, -0.15) is 0 Å². The van der Waals surface area contributed by atoms with Gasteiger partial charge in [0.25, 0.3) is 0 Å². The number of aliphatic hydroxyl groups excluding tert-OH is 2. The maximum absolute atomic E-state index is 9.16. The van der Waals surface area contributed by atoms with Crippen molar-refractivity contribution in [2.75, 3.05) is 0 Å². The Bertz CT molecular complexity index is 162. The van der Waals surface area contributed by atoms with Gasteiger partial charge in [0.15, 0.2) is 0 Å². The first-order valence-electron chi connectivity index (χ1n) is 3.27. The SMILES string of the molecule is OC(CCC(O)C(=S)S)C(=S)S. The fourth-order valence-electron chi connectivity index (χ4n) is 0.563. The second kappa shape index (κ2) is 6.28. The molecule has 0 aliphatic carbocycles. The van der Waals surface area contributed by atoms with Crippen LogP contribution >= 0.6 is 49.7 Å². The third-order valence-electron chi connectivity index (χ3n) is 1.28. The monoisotopic (exact) mass is 242 g/mol. The predicted molar refractivity (Wildman–Crippen MR) is 64.4 cm³/mol. The number of thiocarbonyl (C=S) groups is 2. The van der Waals surface area contributed by atoms with E-state index in [1.165, 1.54) is 0 Å². The summed E-state index contributed by atoms with van der Waals surface area (Å²) in [5.41, 5.74) is 0. The van der Waals surface area contributed by atoms with Crippen LogP contribution in [-0.4, -0.2) is 30.8 Å². The molecule has 0 aliphatic rings. The van der Waals surface area contributed by atoms with Crippen molar-refractivity contribution in [3.63, 3.8) is 0 Å². The highest BCUT2D eigenvalue weighted by Gasteiger charge is 2.12. The maximum Gasteiger partial charge on any atom is 0.0948 e. The largest absolute Gasteiger partial charge is 0.387 e. The third-order valence-corrected chi connectivity index (χ3v) is 2.42. The lowest BCUT2D eigenvalue weighted by molar-refractivity contribution is 0.187. The molecular formula is C6H10O2S4. The fourth-order valence-corrected chi connectivity index (χ4v) is 1.06. The van der Waals surface area contributed by atoms with Gasteiger partial charge in [0, 0.05) is 0 Å². The van der Waals surface area contributed by atoms with Crippen LogP contribution in [0.25, 0.3) is 0 Å². The van der Waals surface area contributed by atoms with Gasteiger partial charge in [0.05, 0.1) is 20.6 Å². The Labute approximate surface area is 93.2 Å². The fraction of sp³-hybridized carbons (Fsp3) is 0.667. The lowest BCUT2D eigenvalue weighted by Gasteiger charge is -2.11. The van der Waals surface area contributed by atoms with Crippen LogP contribution in [0.3, 0.4) is 0 Å². The normalized spacial score (nSPS) is 15.3. The van der Waals surface area contributed by atoms with Crippen LogP contribution in [0.2, 0.25) is 0 Å². The van der Waals surface area contributed by atoms with E-state index in [2.05, 4.69) is 49.7 Å². The standard InChI is InChI=1S/C6H10O2S4/c7-3(5(9)10)1-2-4(8)6(11)12/h3-4,7-8H,1-2H2,(H,9,10)(H,11,12). The average Bonchev–Trinajstić information content (AvgIpc) is 1.98. The van der Waals surface area contributed by atoms with E-state index in [-0.39, 0.29) is 8.39 Å². The maximum atomic E-state index is 9.16. The van der Waals surface area contributed by atoms with E-state index in [0.29, 0.717) is 12.8 Å². The Kier molecular flexibility index (Phi) is 6.70. The van der Waals surface area contributed by atoms with E-state index in [9.17, 15) is 0 Å². The molecule has 0 bridgehead atoms. The lowest BCUT2D eigenvalue weighted by atomic mass is 10.1. The summed E-state index contributed by atoms with van der Waals surface area (Å²) in [6.45, 7) is 0. The molecule has 0 aliphatic heterocycles. The van der Waals surface area contributed by atoms with Crippen molar-refractivity contribution in [2.45, 2.75) is 25.0 Å². The Morgan fingerprint density at radius 1 is 1.00 bits per heavy atom. The zero-order chi connectivity index (χ0) is 9.72. The smallest absolute Gasteiger partial charge is 0.0948 e. The van der Waals surface area contributed by atoms with Gasteiger partial charge < -0.3 is 10.2 Å². The average molecular weight is 242 g/mol. The van der Waals surface area contributed by atoms with Crippen LogP contribution in [0.1, 0.15) is 12.8 Å². The Balaban J connectivity index is 3.68. The summed E-state index contributed by atoms with van der Waals surface area (Å²) in [5, 5.41) is 18.3. The van der Waals surface area contributed by atoms with Crippen LogP contribution in [0.4, 0.5) is 0 Å². The van der Waals surface area contributed by atoms with Crippen LogP contribution in [0.5, 0.6) is 0 Å². The molecule has 0 heterocycles. The van der Waals surface area contributed by atoms with Crippen LogP contribution in [0.15, 0.2) is 0 Å². The van der Waals surface area contributed by atoms with Crippen molar-refractivity contribution >= 4 is 58.1 Å². The lowest BCUT2D eigenvalue weighted by Crippen LogP contribution is -2.19. The van der Waals surface area contributed by atoms with Gasteiger partial charge in [0.2, 0.25) is 0 Å². The first-order valence-corrected chi connectivity index (χ1v) is 4.98. The summed E-state index contributed by atoms with van der Waals surface area (Å²) in [4.78, 5) is 0. The van der Waals surface area contributed by atoms with Crippen molar-refractivity contribution < 1.29 is 10.2 Å². The summed E-state index contributed by atoms with van der Waals surface area (Å²) < 4.78 is 0.458. The van der Waals surface area contributed by atoms with E-state index in [1.54, 1.807) is 0 Å². The minimum absolute atomic E-state index is 0.229. The Morgan fingerprint density at radius 2 is 1.25 bits per heavy atom. The summed E-state index contributed by atoms with van der Waals surface area (Å²) in [6, 6.07) is 0. The molecule has 70 valence electrons. The zero-order valence-corrected chi connectivity index (χ0v) is 9.60. The second-order valence-corrected chi connectivity index (χ2v) is 4.73. The van der Waals surface area contributed by atoms with Gasteiger partial charge in [-0.3, -0.25) is 0 Å². The molecule has 0 amide bonds. The molecule has 2 nitrogen and oxygen atoms in total. The topological polar surface area (TPSA) is 40.5 Å². The molecule has 12 heavy (non-hydrogen) atoms. The molecule has 0 saturated carbocycles. The molecule has 2 unspecified atom stereocenters. The summed E-state index contributed by atoms with van der Waals surface area (Å²) in [7, 11) is 0. The van der Waals surface area contributed by atoms with E-state index in [1.807, 2.05) is 0 Å². The van der Waals surface area contributed by atoms with Gasteiger partial charge in [-0.05, 0) is 12.8 Å². The molecule has 0 saturated heterocycles. The Morgan fingerprint density at radius 3 is 1.42 bits per heavy atom. The minimum atomic E-state index is -0.763. The van der Waals surface area contributed by atoms with Gasteiger partial charge in [-0.1, -0.05) is 24.4 Å². The quantitative estimate of drug-likeness (QED) is 0.429. The molecule has 0 aromatic carbocycles. The van der Waals surface area contributed by atoms with Crippen LogP contribution in [-0.2, 0) is 0 Å². The third kappa shape index (κ3) is 5.45. The molecule has 6 heteroatoms. The molecule has 0 rings (SSSR count). The van der Waals surface area contributed by atoms with Gasteiger partial charge in [-0.25, -0.2) is 0 Å². The summed E-state index contributed by atoms with van der Waals surface area (Å²) in [5.74, 6) is 0. The molecule has 0 aromatic heterocycles. The highest BCUT2D eigenvalue weighted by atomic mass is 32.1. The number of hydrogen-bond acceptors (Lipinski definition) is 4. The summed E-state index contributed by atoms with van der Waals surface area (Å²) >= 11 is 16.8. The highest BCUT2D eigenvalue weighted by molar-refractivity contribution is 8.11. The second-order valence-electron chi connectivity index (χ2n) is 2.29. The van der Waals surface area contributed by atoms with Crippen LogP contribution < -0.4 is 0 Å². The van der Waals surface area contributed by atoms with Crippen molar-refractivity contribution in [1.29, 1.82) is 0 Å². The number of aliphatic hydroxyl groups is 2. The van der Waals surface area contributed by atoms with E-state index in [4.69, 9.17) is 10.2 Å². The van der Waals surface area contributed by atoms with Crippen molar-refractivity contribution in [3.8, 4) is 0 Å². The van der Waals surface area contributed by atoms with Crippen LogP contribution in [0, 0.1) is 0 Å². The highest BCUT2D eigenvalue weighted by Crippen LogP contribution is 2.08. The number of hydrogen-bond donors (Lipinski definition) is 4. The molecule has 2 N–H and O–H groups in total. The first-order chi connectivity index (χ1) is 5.45. The Hall–Kier alpha value is 0.800. The molecular weight excluding hydrogens is 232 g/mol.